The Hall–Kier alpha value is -2.50. The first-order chi connectivity index (χ1) is 8.29. The van der Waals surface area contributed by atoms with Crippen LogP contribution in [0.5, 0.6) is 0 Å². The number of carbonyl (C=O) groups excluding carboxylic acids is 1. The number of esters is 1. The van der Waals surface area contributed by atoms with Crippen molar-refractivity contribution in [2.45, 2.75) is 0 Å². The van der Waals surface area contributed by atoms with Gasteiger partial charge >= 0.3 is 5.97 Å². The fraction of sp³-hybridized carbons (Fsp3) is 0.0909. The van der Waals surface area contributed by atoms with Gasteiger partial charge < -0.3 is 4.74 Å². The minimum absolute atomic E-state index is 0.469. The van der Waals surface area contributed by atoms with Crippen LogP contribution in [0.3, 0.4) is 0 Å². The minimum Gasteiger partial charge on any atom is -0.466 e. The molecule has 0 saturated carbocycles. The maximum absolute atomic E-state index is 10.9. The Bertz CT molecular complexity index is 533. The van der Waals surface area contributed by atoms with Gasteiger partial charge in [-0.25, -0.2) is 4.79 Å². The van der Waals surface area contributed by atoms with E-state index in [0.29, 0.717) is 5.82 Å². The lowest BCUT2D eigenvalue weighted by Crippen LogP contribution is -1.97. The molecular formula is C11H10N4O2. The van der Waals surface area contributed by atoms with E-state index >= 15 is 0 Å². The van der Waals surface area contributed by atoms with Crippen LogP contribution in [0.4, 0.5) is 0 Å². The van der Waals surface area contributed by atoms with Gasteiger partial charge in [0, 0.05) is 11.6 Å². The zero-order chi connectivity index (χ0) is 12.1. The molecule has 0 spiro atoms. The first-order valence-electron chi connectivity index (χ1n) is 4.90. The van der Waals surface area contributed by atoms with Crippen LogP contribution in [0.2, 0.25) is 0 Å². The molecule has 0 bridgehead atoms. The fourth-order valence-electron chi connectivity index (χ4n) is 1.19. The van der Waals surface area contributed by atoms with Gasteiger partial charge in [0.05, 0.1) is 13.3 Å². The second-order valence-corrected chi connectivity index (χ2v) is 3.14. The summed E-state index contributed by atoms with van der Waals surface area (Å²) in [6.45, 7) is 0. The number of rotatable bonds is 3. The van der Waals surface area contributed by atoms with E-state index in [-0.39, 0.29) is 0 Å². The number of methoxy groups -OCH3 is 1. The summed E-state index contributed by atoms with van der Waals surface area (Å²) < 4.78 is 4.45. The van der Waals surface area contributed by atoms with Gasteiger partial charge in [-0.3, -0.25) is 0 Å². The van der Waals surface area contributed by atoms with Crippen molar-refractivity contribution in [1.82, 2.24) is 20.2 Å². The zero-order valence-corrected chi connectivity index (χ0v) is 9.15. The molecule has 0 aliphatic heterocycles. The van der Waals surface area contributed by atoms with Gasteiger partial charge in [-0.1, -0.05) is 30.3 Å². The molecule has 6 nitrogen and oxygen atoms in total. The van der Waals surface area contributed by atoms with Crippen LogP contribution in [0.15, 0.2) is 36.4 Å². The summed E-state index contributed by atoms with van der Waals surface area (Å²) >= 11 is 0. The lowest BCUT2D eigenvalue weighted by molar-refractivity contribution is -0.134. The summed E-state index contributed by atoms with van der Waals surface area (Å²) in [5, 5.41) is 11.7. The maximum atomic E-state index is 10.9. The van der Waals surface area contributed by atoms with Crippen molar-refractivity contribution >= 4 is 12.2 Å². The molecule has 1 aromatic carbocycles. The number of benzene rings is 1. The van der Waals surface area contributed by atoms with E-state index in [1.165, 1.54) is 24.2 Å². The highest BCUT2D eigenvalue weighted by molar-refractivity contribution is 5.84. The third-order valence-electron chi connectivity index (χ3n) is 2.01. The SMILES string of the molecule is COC(=O)/C=C/n1nnc(-c2ccccc2)n1. The molecule has 0 saturated heterocycles. The van der Waals surface area contributed by atoms with Crippen molar-refractivity contribution in [2.24, 2.45) is 0 Å². The smallest absolute Gasteiger partial charge is 0.332 e. The molecular weight excluding hydrogens is 220 g/mol. The number of tetrazole rings is 1. The van der Waals surface area contributed by atoms with E-state index in [1.807, 2.05) is 30.3 Å². The molecule has 1 heterocycles. The van der Waals surface area contributed by atoms with Crippen LogP contribution in [0.1, 0.15) is 0 Å². The first-order valence-corrected chi connectivity index (χ1v) is 4.90. The predicted molar refractivity (Wildman–Crippen MR) is 60.6 cm³/mol. The summed E-state index contributed by atoms with van der Waals surface area (Å²) in [5.41, 5.74) is 0.866. The molecule has 0 radical (unpaired) electrons. The van der Waals surface area contributed by atoms with Crippen molar-refractivity contribution in [1.29, 1.82) is 0 Å². The lowest BCUT2D eigenvalue weighted by Gasteiger charge is -1.91. The number of hydrogen-bond donors (Lipinski definition) is 0. The highest BCUT2D eigenvalue weighted by atomic mass is 16.5. The lowest BCUT2D eigenvalue weighted by atomic mass is 10.2. The molecule has 0 amide bonds. The van der Waals surface area contributed by atoms with Crippen molar-refractivity contribution in [3.05, 3.63) is 36.4 Å². The first kappa shape index (κ1) is 11.0. The second-order valence-electron chi connectivity index (χ2n) is 3.14. The zero-order valence-electron chi connectivity index (χ0n) is 9.15. The summed E-state index contributed by atoms with van der Waals surface area (Å²) in [6.07, 6.45) is 2.60. The number of carbonyl (C=O) groups is 1. The monoisotopic (exact) mass is 230 g/mol. The topological polar surface area (TPSA) is 69.9 Å². The van der Waals surface area contributed by atoms with Crippen molar-refractivity contribution in [3.63, 3.8) is 0 Å². The molecule has 6 heteroatoms. The number of nitrogens with zero attached hydrogens (tertiary/aromatic N) is 4. The van der Waals surface area contributed by atoms with Crippen molar-refractivity contribution < 1.29 is 9.53 Å². The van der Waals surface area contributed by atoms with Crippen LogP contribution in [-0.4, -0.2) is 33.3 Å². The Balaban J connectivity index is 2.17. The molecule has 0 N–H and O–H groups in total. The Morgan fingerprint density at radius 1 is 1.35 bits per heavy atom. The van der Waals surface area contributed by atoms with Gasteiger partial charge in [-0.2, -0.15) is 0 Å². The van der Waals surface area contributed by atoms with Gasteiger partial charge in [-0.15, -0.1) is 15.0 Å². The van der Waals surface area contributed by atoms with Gasteiger partial charge in [0.25, 0.3) is 0 Å². The van der Waals surface area contributed by atoms with Gasteiger partial charge in [-0.05, 0) is 5.21 Å². The molecule has 0 aliphatic rings. The summed E-state index contributed by atoms with van der Waals surface area (Å²) in [6, 6.07) is 9.45. The van der Waals surface area contributed by atoms with Crippen LogP contribution in [0.25, 0.3) is 17.6 Å². The van der Waals surface area contributed by atoms with E-state index in [4.69, 9.17) is 0 Å². The molecule has 17 heavy (non-hydrogen) atoms. The molecule has 2 aromatic rings. The molecule has 0 atom stereocenters. The van der Waals surface area contributed by atoms with Gasteiger partial charge in [0.2, 0.25) is 5.82 Å². The second kappa shape index (κ2) is 5.02. The average molecular weight is 230 g/mol. The fourth-order valence-corrected chi connectivity index (χ4v) is 1.19. The molecule has 0 unspecified atom stereocenters. The van der Waals surface area contributed by atoms with Crippen LogP contribution < -0.4 is 0 Å². The molecule has 2 rings (SSSR count). The van der Waals surface area contributed by atoms with Gasteiger partial charge in [0.1, 0.15) is 0 Å². The Labute approximate surface area is 97.5 Å². The standard InChI is InChI=1S/C11H10N4O2/c1-17-10(16)7-8-15-13-11(12-14-15)9-5-3-2-4-6-9/h2-8H,1H3/b8-7+. The Morgan fingerprint density at radius 2 is 2.12 bits per heavy atom. The average Bonchev–Trinajstić information content (AvgIpc) is 2.86. The Kier molecular flexibility index (Phi) is 3.25. The van der Waals surface area contributed by atoms with E-state index in [9.17, 15) is 4.79 Å². The summed E-state index contributed by atoms with van der Waals surface area (Å²) in [7, 11) is 1.30. The van der Waals surface area contributed by atoms with E-state index in [0.717, 1.165) is 5.56 Å². The van der Waals surface area contributed by atoms with E-state index in [1.54, 1.807) is 0 Å². The van der Waals surface area contributed by atoms with E-state index in [2.05, 4.69) is 20.1 Å². The predicted octanol–water partition coefficient (Wildman–Crippen LogP) is 0.984. The molecule has 0 fully saturated rings. The highest BCUT2D eigenvalue weighted by Crippen LogP contribution is 2.11. The van der Waals surface area contributed by atoms with Crippen molar-refractivity contribution in [2.75, 3.05) is 7.11 Å². The normalized spacial score (nSPS) is 10.6. The van der Waals surface area contributed by atoms with Crippen LogP contribution in [0, 0.1) is 0 Å². The number of ether oxygens (including phenoxy) is 1. The largest absolute Gasteiger partial charge is 0.466 e. The van der Waals surface area contributed by atoms with E-state index < -0.39 is 5.97 Å². The maximum Gasteiger partial charge on any atom is 0.332 e. The third kappa shape index (κ3) is 2.75. The molecule has 0 aliphatic carbocycles. The van der Waals surface area contributed by atoms with Crippen LogP contribution >= 0.6 is 0 Å². The highest BCUT2D eigenvalue weighted by Gasteiger charge is 2.03. The number of aromatic nitrogens is 4. The summed E-state index contributed by atoms with van der Waals surface area (Å²) in [5.74, 6) is 0.0312. The minimum atomic E-state index is -0.469. The van der Waals surface area contributed by atoms with Crippen molar-refractivity contribution in [3.8, 4) is 11.4 Å². The van der Waals surface area contributed by atoms with Crippen LogP contribution in [-0.2, 0) is 9.53 Å². The molecule has 86 valence electrons. The third-order valence-corrected chi connectivity index (χ3v) is 2.01. The quantitative estimate of drug-likeness (QED) is 0.580. The Morgan fingerprint density at radius 3 is 2.82 bits per heavy atom. The number of hydrogen-bond acceptors (Lipinski definition) is 5. The van der Waals surface area contributed by atoms with Gasteiger partial charge in [0.15, 0.2) is 0 Å². The molecule has 1 aromatic heterocycles. The summed E-state index contributed by atoms with van der Waals surface area (Å²) in [4.78, 5) is 12.1.